The van der Waals surface area contributed by atoms with Gasteiger partial charge in [-0.2, -0.15) is 5.10 Å². The van der Waals surface area contributed by atoms with Crippen LogP contribution < -0.4 is 10.1 Å². The topological polar surface area (TPSA) is 102 Å². The second-order valence-electron chi connectivity index (χ2n) is 9.12. The minimum absolute atomic E-state index is 0.0102. The lowest BCUT2D eigenvalue weighted by molar-refractivity contribution is -0.134. The van der Waals surface area contributed by atoms with Crippen LogP contribution in [-0.2, 0) is 16.1 Å². The number of ether oxygens (including phenoxy) is 2. The fraction of sp³-hybridized carbons (Fsp3) is 0.385. The van der Waals surface area contributed by atoms with E-state index in [-0.39, 0.29) is 30.2 Å². The second-order valence-corrected chi connectivity index (χ2v) is 9.12. The van der Waals surface area contributed by atoms with Gasteiger partial charge in [0.1, 0.15) is 12.4 Å². The maximum atomic E-state index is 13.5. The molecular formula is C26H31FN6O4. The molecule has 11 heteroatoms. The fourth-order valence-electron chi connectivity index (χ4n) is 4.31. The number of likely N-dealkylation sites (N-methyl/N-ethyl adjacent to an activating group) is 1. The van der Waals surface area contributed by atoms with E-state index < -0.39 is 11.7 Å². The second kappa shape index (κ2) is 11.9. The zero-order valence-electron chi connectivity index (χ0n) is 21.1. The maximum absolute atomic E-state index is 13.5. The van der Waals surface area contributed by atoms with Crippen LogP contribution >= 0.6 is 0 Å². The van der Waals surface area contributed by atoms with Crippen molar-refractivity contribution in [3.8, 4) is 5.88 Å². The lowest BCUT2D eigenvalue weighted by Gasteiger charge is -2.24. The Balaban J connectivity index is 1.45. The van der Waals surface area contributed by atoms with Gasteiger partial charge in [0.05, 0.1) is 31.6 Å². The van der Waals surface area contributed by atoms with Crippen molar-refractivity contribution in [1.29, 1.82) is 0 Å². The first kappa shape index (κ1) is 26.2. The summed E-state index contributed by atoms with van der Waals surface area (Å²) in [7, 11) is 4.98. The number of methoxy groups -OCH3 is 1. The molecule has 1 aliphatic rings. The Hall–Kier alpha value is -3.83. The number of amides is 2. The first-order chi connectivity index (χ1) is 17.8. The predicted octanol–water partition coefficient (Wildman–Crippen LogP) is 2.60. The van der Waals surface area contributed by atoms with Gasteiger partial charge in [-0.15, -0.1) is 0 Å². The first-order valence-corrected chi connectivity index (χ1v) is 11.9. The van der Waals surface area contributed by atoms with Crippen molar-refractivity contribution in [3.63, 3.8) is 0 Å². The molecule has 10 nitrogen and oxygen atoms in total. The van der Waals surface area contributed by atoms with Crippen molar-refractivity contribution in [2.24, 2.45) is 0 Å². The molecule has 3 aromatic rings. The number of likely N-dealkylation sites (tertiary alicyclic amines) is 1. The van der Waals surface area contributed by atoms with Gasteiger partial charge >= 0.3 is 0 Å². The van der Waals surface area contributed by atoms with Gasteiger partial charge in [-0.25, -0.2) is 9.37 Å². The minimum Gasteiger partial charge on any atom is -0.481 e. The Kier molecular flexibility index (Phi) is 8.47. The van der Waals surface area contributed by atoms with Gasteiger partial charge in [0, 0.05) is 56.7 Å². The number of carbonyl (C=O) groups is 2. The van der Waals surface area contributed by atoms with E-state index in [1.807, 2.05) is 16.8 Å². The molecule has 1 fully saturated rings. The molecule has 37 heavy (non-hydrogen) atoms. The smallest absolute Gasteiger partial charge is 0.255 e. The van der Waals surface area contributed by atoms with Crippen LogP contribution in [0.25, 0.3) is 0 Å². The number of halogens is 1. The molecule has 0 unspecified atom stereocenters. The summed E-state index contributed by atoms with van der Waals surface area (Å²) in [4.78, 5) is 32.5. The lowest BCUT2D eigenvalue weighted by atomic mass is 10.2. The van der Waals surface area contributed by atoms with E-state index >= 15 is 0 Å². The molecule has 0 saturated carbocycles. The number of nitrogens with one attached hydrogen (secondary N) is 1. The number of hydrogen-bond donors (Lipinski definition) is 1. The summed E-state index contributed by atoms with van der Waals surface area (Å²) >= 11 is 0. The Labute approximate surface area is 215 Å². The molecule has 1 aliphatic heterocycles. The van der Waals surface area contributed by atoms with Crippen molar-refractivity contribution >= 4 is 17.5 Å². The van der Waals surface area contributed by atoms with Crippen LogP contribution in [0.4, 0.5) is 10.1 Å². The molecule has 2 amide bonds. The molecule has 0 radical (unpaired) electrons. The zero-order valence-corrected chi connectivity index (χ0v) is 21.1. The SMILES string of the molecule is COc1ncccc1CN1C[C@@H](n2cc(NC(=O)c3cccc(F)c3)cn2)C[C@H]1COCC(=O)N(C)C. The molecule has 196 valence electrons. The van der Waals surface area contributed by atoms with Crippen LogP contribution in [-0.4, -0.2) is 83.4 Å². The molecule has 1 N–H and O–H groups in total. The normalized spacial score (nSPS) is 17.5. The van der Waals surface area contributed by atoms with Crippen molar-refractivity contribution in [3.05, 3.63) is 71.9 Å². The maximum Gasteiger partial charge on any atom is 0.255 e. The lowest BCUT2D eigenvalue weighted by Crippen LogP contribution is -2.35. The fourth-order valence-corrected chi connectivity index (χ4v) is 4.31. The Bertz CT molecular complexity index is 1230. The summed E-state index contributed by atoms with van der Waals surface area (Å²) in [6, 6.07) is 9.40. The van der Waals surface area contributed by atoms with Crippen molar-refractivity contribution < 1.29 is 23.5 Å². The zero-order chi connectivity index (χ0) is 26.4. The van der Waals surface area contributed by atoms with Gasteiger partial charge in [0.2, 0.25) is 11.8 Å². The van der Waals surface area contributed by atoms with E-state index in [1.165, 1.54) is 23.1 Å². The summed E-state index contributed by atoms with van der Waals surface area (Å²) < 4.78 is 26.5. The summed E-state index contributed by atoms with van der Waals surface area (Å²) in [6.45, 7) is 1.65. The number of anilines is 1. The largest absolute Gasteiger partial charge is 0.481 e. The van der Waals surface area contributed by atoms with E-state index in [2.05, 4.69) is 20.3 Å². The molecule has 3 heterocycles. The van der Waals surface area contributed by atoms with Crippen LogP contribution in [0.2, 0.25) is 0 Å². The van der Waals surface area contributed by atoms with E-state index in [0.717, 1.165) is 12.0 Å². The highest BCUT2D eigenvalue weighted by molar-refractivity contribution is 6.04. The van der Waals surface area contributed by atoms with Crippen LogP contribution in [0.15, 0.2) is 55.0 Å². The number of hydrogen-bond acceptors (Lipinski definition) is 7. The Morgan fingerprint density at radius 1 is 1.24 bits per heavy atom. The Morgan fingerprint density at radius 2 is 2.08 bits per heavy atom. The highest BCUT2D eigenvalue weighted by Crippen LogP contribution is 2.31. The highest BCUT2D eigenvalue weighted by Gasteiger charge is 2.34. The number of rotatable bonds is 10. The average molecular weight is 511 g/mol. The van der Waals surface area contributed by atoms with E-state index in [1.54, 1.807) is 45.9 Å². The van der Waals surface area contributed by atoms with Crippen LogP contribution in [0.1, 0.15) is 28.4 Å². The van der Waals surface area contributed by atoms with Crippen molar-refractivity contribution in [2.45, 2.75) is 25.0 Å². The van der Waals surface area contributed by atoms with Crippen LogP contribution in [0, 0.1) is 5.82 Å². The summed E-state index contributed by atoms with van der Waals surface area (Å²) in [5.74, 6) is -0.414. The molecule has 2 aromatic heterocycles. The number of pyridine rings is 1. The quantitative estimate of drug-likeness (QED) is 0.447. The van der Waals surface area contributed by atoms with Crippen molar-refractivity contribution in [2.75, 3.05) is 46.3 Å². The third kappa shape index (κ3) is 6.69. The molecule has 2 atom stereocenters. The summed E-state index contributed by atoms with van der Waals surface area (Å²) in [5, 5.41) is 7.24. The standard InChI is InChI=1S/C26H31FN6O4/c1-31(2)24(34)17-37-16-23-11-22(15-32(23)13-19-7-5-9-28-26(19)36-3)33-14-21(12-29-33)30-25(35)18-6-4-8-20(27)10-18/h4-10,12,14,22-23H,11,13,15-17H2,1-3H3,(H,30,35)/t22-,23-/m0/s1. The minimum atomic E-state index is -0.472. The number of carbonyl (C=O) groups excluding carboxylic acids is 2. The predicted molar refractivity (Wildman–Crippen MR) is 135 cm³/mol. The molecule has 0 spiro atoms. The molecule has 4 rings (SSSR count). The third-order valence-electron chi connectivity index (χ3n) is 6.28. The molecule has 0 aliphatic carbocycles. The van der Waals surface area contributed by atoms with Gasteiger partial charge in [0.15, 0.2) is 0 Å². The summed E-state index contributed by atoms with van der Waals surface area (Å²) in [5.41, 5.74) is 1.70. The van der Waals surface area contributed by atoms with Gasteiger partial charge in [-0.3, -0.25) is 19.2 Å². The number of aromatic nitrogens is 3. The molecule has 1 aromatic carbocycles. The van der Waals surface area contributed by atoms with E-state index in [0.29, 0.717) is 31.3 Å². The van der Waals surface area contributed by atoms with Crippen LogP contribution in [0.3, 0.4) is 0 Å². The average Bonchev–Trinajstić information content (AvgIpc) is 3.51. The van der Waals surface area contributed by atoms with Gasteiger partial charge < -0.3 is 19.7 Å². The van der Waals surface area contributed by atoms with Gasteiger partial charge in [-0.1, -0.05) is 12.1 Å². The first-order valence-electron chi connectivity index (χ1n) is 11.9. The third-order valence-corrected chi connectivity index (χ3v) is 6.28. The summed E-state index contributed by atoms with van der Waals surface area (Å²) in [6.07, 6.45) is 5.76. The highest BCUT2D eigenvalue weighted by atomic mass is 19.1. The van der Waals surface area contributed by atoms with Crippen molar-refractivity contribution in [1.82, 2.24) is 24.6 Å². The van der Waals surface area contributed by atoms with Crippen LogP contribution in [0.5, 0.6) is 5.88 Å². The van der Waals surface area contributed by atoms with E-state index in [4.69, 9.17) is 9.47 Å². The van der Waals surface area contributed by atoms with E-state index in [9.17, 15) is 14.0 Å². The number of benzene rings is 1. The van der Waals surface area contributed by atoms with Gasteiger partial charge in [0.25, 0.3) is 5.91 Å². The molecule has 0 bridgehead atoms. The Morgan fingerprint density at radius 3 is 2.84 bits per heavy atom. The molecule has 1 saturated heterocycles. The van der Waals surface area contributed by atoms with Gasteiger partial charge in [-0.05, 0) is 30.7 Å². The number of nitrogens with zero attached hydrogens (tertiary/aromatic N) is 5. The molecular weight excluding hydrogens is 479 g/mol. The monoisotopic (exact) mass is 510 g/mol.